The Morgan fingerprint density at radius 1 is 0.857 bits per heavy atom. The molecule has 0 aromatic carbocycles. The molecule has 126 valence electrons. The molecular formula is C17H34O4. The zero-order valence-electron chi connectivity index (χ0n) is 14.1. The van der Waals surface area contributed by atoms with Crippen LogP contribution in [-0.2, 0) is 18.9 Å². The minimum atomic E-state index is -0.00256. The van der Waals surface area contributed by atoms with Gasteiger partial charge in [0.05, 0.1) is 6.26 Å². The third-order valence-corrected chi connectivity index (χ3v) is 3.14. The van der Waals surface area contributed by atoms with Gasteiger partial charge in [0.25, 0.3) is 0 Å². The van der Waals surface area contributed by atoms with E-state index in [0.29, 0.717) is 6.79 Å². The third-order valence-electron chi connectivity index (χ3n) is 3.14. The molecule has 0 aliphatic carbocycles. The van der Waals surface area contributed by atoms with E-state index >= 15 is 0 Å². The summed E-state index contributed by atoms with van der Waals surface area (Å²) in [4.78, 5) is 0. The molecule has 21 heavy (non-hydrogen) atoms. The first-order chi connectivity index (χ1) is 10.3. The van der Waals surface area contributed by atoms with Crippen molar-refractivity contribution in [2.75, 3.05) is 27.1 Å². The molecular weight excluding hydrogens is 268 g/mol. The molecule has 0 aromatic rings. The summed E-state index contributed by atoms with van der Waals surface area (Å²) in [5.74, 6) is 0. The van der Waals surface area contributed by atoms with Gasteiger partial charge in [-0.25, -0.2) is 0 Å². The van der Waals surface area contributed by atoms with E-state index in [1.807, 2.05) is 13.8 Å². The first kappa shape index (κ1) is 20.4. The molecule has 0 fully saturated rings. The monoisotopic (exact) mass is 302 g/mol. The fraction of sp³-hybridized carbons (Fsp3) is 0.882. The van der Waals surface area contributed by atoms with E-state index < -0.39 is 0 Å². The van der Waals surface area contributed by atoms with Crippen LogP contribution in [0.5, 0.6) is 0 Å². The lowest BCUT2D eigenvalue weighted by Crippen LogP contribution is -2.17. The average Bonchev–Trinajstić information content (AvgIpc) is 2.48. The molecule has 0 N–H and O–H groups in total. The number of hydrogen-bond donors (Lipinski definition) is 0. The zero-order chi connectivity index (χ0) is 15.6. The number of ether oxygens (including phenoxy) is 4. The molecule has 0 unspecified atom stereocenters. The van der Waals surface area contributed by atoms with Gasteiger partial charge in [0.15, 0.2) is 13.1 Å². The van der Waals surface area contributed by atoms with Crippen LogP contribution >= 0.6 is 0 Å². The molecule has 4 heteroatoms. The minimum absolute atomic E-state index is 0.00256. The topological polar surface area (TPSA) is 36.9 Å². The summed E-state index contributed by atoms with van der Waals surface area (Å²) in [5, 5.41) is 0. The lowest BCUT2D eigenvalue weighted by Gasteiger charge is -2.16. The second-order valence-electron chi connectivity index (χ2n) is 4.98. The molecule has 0 saturated carbocycles. The van der Waals surface area contributed by atoms with Crippen molar-refractivity contribution in [2.24, 2.45) is 0 Å². The maximum atomic E-state index is 5.53. The normalized spacial score (nSPS) is 11.6. The molecule has 0 amide bonds. The quantitative estimate of drug-likeness (QED) is 0.236. The maximum Gasteiger partial charge on any atom is 0.187 e. The predicted octanol–water partition coefficient (Wildman–Crippen LogP) is 4.64. The van der Waals surface area contributed by atoms with Crippen molar-refractivity contribution in [1.29, 1.82) is 0 Å². The molecule has 0 radical (unpaired) electrons. The summed E-state index contributed by atoms with van der Waals surface area (Å²) in [6.07, 6.45) is 13.5. The van der Waals surface area contributed by atoms with Crippen molar-refractivity contribution >= 4 is 0 Å². The van der Waals surface area contributed by atoms with Gasteiger partial charge in [-0.3, -0.25) is 0 Å². The van der Waals surface area contributed by atoms with Crippen LogP contribution in [0.3, 0.4) is 0 Å². The molecule has 0 atom stereocenters. The smallest absolute Gasteiger partial charge is 0.187 e. The molecule has 0 aromatic heterocycles. The van der Waals surface area contributed by atoms with E-state index in [0.717, 1.165) is 26.1 Å². The molecule has 0 aliphatic rings. The van der Waals surface area contributed by atoms with E-state index in [1.165, 1.54) is 38.5 Å². The van der Waals surface area contributed by atoms with E-state index in [1.54, 1.807) is 13.4 Å². The highest BCUT2D eigenvalue weighted by atomic mass is 16.7. The van der Waals surface area contributed by atoms with Gasteiger partial charge in [-0.15, -0.1) is 0 Å². The van der Waals surface area contributed by atoms with Crippen LogP contribution in [0.25, 0.3) is 0 Å². The summed E-state index contributed by atoms with van der Waals surface area (Å²) in [7, 11) is 1.62. The Balaban J connectivity index is 3.26. The Labute approximate surface area is 130 Å². The van der Waals surface area contributed by atoms with Crippen molar-refractivity contribution in [2.45, 2.75) is 71.5 Å². The molecule has 0 bridgehead atoms. The van der Waals surface area contributed by atoms with Crippen LogP contribution < -0.4 is 0 Å². The summed E-state index contributed by atoms with van der Waals surface area (Å²) in [6, 6.07) is 0. The van der Waals surface area contributed by atoms with Crippen molar-refractivity contribution in [1.82, 2.24) is 0 Å². The number of rotatable bonds is 16. The highest BCUT2D eigenvalue weighted by Crippen LogP contribution is 2.12. The number of allylic oxidation sites excluding steroid dienone is 1. The minimum Gasteiger partial charge on any atom is -0.476 e. The van der Waals surface area contributed by atoms with Crippen LogP contribution in [0.2, 0.25) is 0 Å². The average molecular weight is 302 g/mol. The van der Waals surface area contributed by atoms with Gasteiger partial charge >= 0.3 is 0 Å². The van der Waals surface area contributed by atoms with Crippen molar-refractivity contribution in [3.8, 4) is 0 Å². The van der Waals surface area contributed by atoms with Gasteiger partial charge < -0.3 is 18.9 Å². The second kappa shape index (κ2) is 17.5. The van der Waals surface area contributed by atoms with E-state index in [4.69, 9.17) is 18.9 Å². The second-order valence-corrected chi connectivity index (χ2v) is 4.98. The van der Waals surface area contributed by atoms with Gasteiger partial charge in [0.2, 0.25) is 0 Å². The molecule has 0 heterocycles. The first-order valence-corrected chi connectivity index (χ1v) is 8.33. The Morgan fingerprint density at radius 2 is 1.48 bits per heavy atom. The molecule has 0 rings (SSSR count). The van der Waals surface area contributed by atoms with Gasteiger partial charge in [-0.05, 0) is 45.6 Å². The van der Waals surface area contributed by atoms with Gasteiger partial charge in [0.1, 0.15) is 0 Å². The maximum absolute atomic E-state index is 5.53. The largest absolute Gasteiger partial charge is 0.476 e. The van der Waals surface area contributed by atoms with Crippen LogP contribution in [0.4, 0.5) is 0 Å². The number of methoxy groups -OCH3 is 1. The third kappa shape index (κ3) is 15.6. The predicted molar refractivity (Wildman–Crippen MR) is 86.1 cm³/mol. The summed E-state index contributed by atoms with van der Waals surface area (Å²) < 4.78 is 20.9. The Morgan fingerprint density at radius 3 is 2.10 bits per heavy atom. The Bertz CT molecular complexity index is 213. The van der Waals surface area contributed by atoms with Crippen LogP contribution in [-0.4, -0.2) is 33.4 Å². The fourth-order valence-corrected chi connectivity index (χ4v) is 2.11. The van der Waals surface area contributed by atoms with Gasteiger partial charge in [-0.1, -0.05) is 25.7 Å². The summed E-state index contributed by atoms with van der Waals surface area (Å²) in [5.41, 5.74) is 0. The van der Waals surface area contributed by atoms with E-state index in [9.17, 15) is 0 Å². The fourth-order valence-electron chi connectivity index (χ4n) is 2.11. The highest BCUT2D eigenvalue weighted by molar-refractivity contribution is 4.72. The van der Waals surface area contributed by atoms with Crippen LogP contribution in [0.15, 0.2) is 12.3 Å². The number of hydrogen-bond acceptors (Lipinski definition) is 4. The SMILES string of the molecule is CCOC(CCCCCCCCC=COCOC)OCC. The van der Waals surface area contributed by atoms with Gasteiger partial charge in [-0.2, -0.15) is 0 Å². The number of unbranched alkanes of at least 4 members (excludes halogenated alkanes) is 6. The van der Waals surface area contributed by atoms with E-state index in [2.05, 4.69) is 6.08 Å². The Kier molecular flexibility index (Phi) is 17.0. The molecule has 4 nitrogen and oxygen atoms in total. The van der Waals surface area contributed by atoms with Gasteiger partial charge in [0, 0.05) is 20.3 Å². The van der Waals surface area contributed by atoms with Crippen LogP contribution in [0.1, 0.15) is 65.2 Å². The first-order valence-electron chi connectivity index (χ1n) is 8.33. The summed E-state index contributed by atoms with van der Waals surface area (Å²) in [6.45, 7) is 5.82. The highest BCUT2D eigenvalue weighted by Gasteiger charge is 2.06. The molecule has 0 aliphatic heterocycles. The summed E-state index contributed by atoms with van der Waals surface area (Å²) >= 11 is 0. The zero-order valence-corrected chi connectivity index (χ0v) is 14.1. The van der Waals surface area contributed by atoms with Crippen molar-refractivity contribution < 1.29 is 18.9 Å². The molecule has 0 saturated heterocycles. The standard InChI is InChI=1S/C17H34O4/c1-4-20-17(21-5-2)14-12-10-8-6-7-9-11-13-15-19-16-18-3/h13,15,17H,4-12,14,16H2,1-3H3. The lowest BCUT2D eigenvalue weighted by molar-refractivity contribution is -0.140. The molecule has 0 spiro atoms. The van der Waals surface area contributed by atoms with Crippen molar-refractivity contribution in [3.63, 3.8) is 0 Å². The van der Waals surface area contributed by atoms with E-state index in [-0.39, 0.29) is 6.29 Å². The van der Waals surface area contributed by atoms with Crippen molar-refractivity contribution in [3.05, 3.63) is 12.3 Å². The Hall–Kier alpha value is -0.580. The van der Waals surface area contributed by atoms with Crippen LogP contribution in [0, 0.1) is 0 Å². The lowest BCUT2D eigenvalue weighted by atomic mass is 10.1.